The summed E-state index contributed by atoms with van der Waals surface area (Å²) >= 11 is 0. The quantitative estimate of drug-likeness (QED) is 0.747. The van der Waals surface area contributed by atoms with Crippen LogP contribution in [-0.2, 0) is 11.2 Å². The van der Waals surface area contributed by atoms with E-state index >= 15 is 0 Å². The van der Waals surface area contributed by atoms with Gasteiger partial charge in [0, 0.05) is 6.54 Å². The second kappa shape index (κ2) is 14.0. The van der Waals surface area contributed by atoms with E-state index < -0.39 is 12.0 Å². The Hall–Kier alpha value is -0.920. The predicted molar refractivity (Wildman–Crippen MR) is 95.6 cm³/mol. The Balaban J connectivity index is 0. The maximum atomic E-state index is 11.1. The lowest BCUT2D eigenvalue weighted by Crippen LogP contribution is -2.32. The van der Waals surface area contributed by atoms with Crippen LogP contribution < -0.4 is 0 Å². The molecule has 0 saturated heterocycles. The van der Waals surface area contributed by atoms with Gasteiger partial charge in [-0.3, -0.25) is 9.46 Å². The molecule has 2 atom stereocenters. The molecule has 0 aliphatic carbocycles. The van der Waals surface area contributed by atoms with Crippen molar-refractivity contribution >= 4 is 15.4 Å². The molecule has 0 spiro atoms. The number of hydrogen-bond donors (Lipinski definition) is 1. The van der Waals surface area contributed by atoms with E-state index in [4.69, 9.17) is 5.11 Å². The largest absolute Gasteiger partial charge is 0.480 e. The number of nitrogens with zero attached hydrogens (tertiary/aromatic N) is 1. The van der Waals surface area contributed by atoms with E-state index in [2.05, 4.69) is 23.2 Å². The summed E-state index contributed by atoms with van der Waals surface area (Å²) in [6.45, 7) is 13.0. The van der Waals surface area contributed by atoms with Crippen molar-refractivity contribution in [3.63, 3.8) is 0 Å². The number of hydrogen-bond acceptors (Lipinski definition) is 2. The molecule has 0 bridgehead atoms. The van der Waals surface area contributed by atoms with Gasteiger partial charge in [-0.2, -0.15) is 0 Å². The van der Waals surface area contributed by atoms with Gasteiger partial charge >= 0.3 is 5.97 Å². The van der Waals surface area contributed by atoms with Crippen LogP contribution in [-0.4, -0.2) is 22.3 Å². The van der Waals surface area contributed by atoms with Crippen LogP contribution in [0.25, 0.3) is 0 Å². The van der Waals surface area contributed by atoms with Crippen molar-refractivity contribution in [1.82, 2.24) is 4.67 Å². The van der Waals surface area contributed by atoms with Crippen LogP contribution in [0.5, 0.6) is 0 Å². The standard InChI is InChI=1S/C10H12NO2P.C3H8.2C2H6/c12-10(13)9-8-4-2-1-3-7(8)5-6-11(9)14;1-3-2;2*1-2/h1-4,9H,5-6,14H2,(H,12,13);3H2,1-2H3;2*1-2H3. The van der Waals surface area contributed by atoms with Gasteiger partial charge in [-0.1, -0.05) is 81.6 Å². The van der Waals surface area contributed by atoms with Crippen LogP contribution in [0.2, 0.25) is 0 Å². The zero-order chi connectivity index (χ0) is 16.8. The molecule has 0 aromatic heterocycles. The highest BCUT2D eigenvalue weighted by Gasteiger charge is 2.30. The molecule has 4 heteroatoms. The van der Waals surface area contributed by atoms with Gasteiger partial charge in [0.05, 0.1) is 0 Å². The van der Waals surface area contributed by atoms with Crippen LogP contribution >= 0.6 is 9.39 Å². The molecular formula is C17H32NO2P. The first-order valence-electron chi connectivity index (χ1n) is 7.93. The van der Waals surface area contributed by atoms with Gasteiger partial charge in [-0.15, -0.1) is 0 Å². The molecule has 0 amide bonds. The van der Waals surface area contributed by atoms with Gasteiger partial charge in [-0.25, -0.2) is 0 Å². The molecule has 1 N–H and O–H groups in total. The van der Waals surface area contributed by atoms with Crippen molar-refractivity contribution in [2.24, 2.45) is 0 Å². The van der Waals surface area contributed by atoms with Gasteiger partial charge in [0.1, 0.15) is 6.04 Å². The number of carbonyl (C=O) groups is 1. The first kappa shape index (κ1) is 22.4. The van der Waals surface area contributed by atoms with Gasteiger partial charge in [-0.05, 0) is 17.5 Å². The van der Waals surface area contributed by atoms with E-state index in [9.17, 15) is 4.79 Å². The van der Waals surface area contributed by atoms with Gasteiger partial charge in [0.25, 0.3) is 0 Å². The van der Waals surface area contributed by atoms with Gasteiger partial charge in [0.2, 0.25) is 0 Å². The average Bonchev–Trinajstić information content (AvgIpc) is 2.51. The zero-order valence-corrected chi connectivity index (χ0v) is 15.5. The Morgan fingerprint density at radius 2 is 1.71 bits per heavy atom. The maximum absolute atomic E-state index is 11.1. The lowest BCUT2D eigenvalue weighted by molar-refractivity contribution is -0.141. The number of carboxylic acid groups (broad SMARTS) is 1. The summed E-state index contributed by atoms with van der Waals surface area (Å²) in [6, 6.07) is 7.23. The number of rotatable bonds is 1. The fourth-order valence-electron chi connectivity index (χ4n) is 1.86. The molecule has 122 valence electrons. The van der Waals surface area contributed by atoms with Crippen molar-refractivity contribution in [2.75, 3.05) is 6.54 Å². The smallest absolute Gasteiger partial charge is 0.325 e. The summed E-state index contributed by atoms with van der Waals surface area (Å²) in [6.07, 6.45) is 2.17. The normalized spacial score (nSPS) is 15.9. The fourth-order valence-corrected chi connectivity index (χ4v) is 2.28. The van der Waals surface area contributed by atoms with Crippen molar-refractivity contribution in [1.29, 1.82) is 0 Å². The van der Waals surface area contributed by atoms with E-state index in [-0.39, 0.29) is 0 Å². The SMILES string of the molecule is CC.CC.CCC.O=C(O)C1c2ccccc2CCN1P. The van der Waals surface area contributed by atoms with E-state index in [0.29, 0.717) is 0 Å². The summed E-state index contributed by atoms with van der Waals surface area (Å²) in [5.74, 6) is -0.785. The minimum absolute atomic E-state index is 0.509. The molecule has 3 nitrogen and oxygen atoms in total. The van der Waals surface area contributed by atoms with E-state index in [1.165, 1.54) is 6.42 Å². The summed E-state index contributed by atoms with van der Waals surface area (Å²) in [5, 5.41) is 9.10. The van der Waals surface area contributed by atoms with Crippen LogP contribution in [0.4, 0.5) is 0 Å². The monoisotopic (exact) mass is 313 g/mol. The van der Waals surface area contributed by atoms with E-state index in [0.717, 1.165) is 24.1 Å². The first-order chi connectivity index (χ1) is 10.1. The molecule has 1 aromatic rings. The molecule has 2 unspecified atom stereocenters. The van der Waals surface area contributed by atoms with Crippen molar-refractivity contribution in [3.05, 3.63) is 35.4 Å². The Labute approximate surface area is 133 Å². The minimum atomic E-state index is -0.785. The second-order valence-corrected chi connectivity index (χ2v) is 4.80. The molecule has 0 radical (unpaired) electrons. The molecule has 0 saturated carbocycles. The number of benzene rings is 1. The average molecular weight is 313 g/mol. The topological polar surface area (TPSA) is 40.5 Å². The van der Waals surface area contributed by atoms with Gasteiger partial charge < -0.3 is 5.11 Å². The molecule has 1 aromatic carbocycles. The van der Waals surface area contributed by atoms with E-state index in [1.807, 2.05) is 52.0 Å². The summed E-state index contributed by atoms with van der Waals surface area (Å²) in [4.78, 5) is 11.1. The van der Waals surface area contributed by atoms with Crippen molar-refractivity contribution in [2.45, 2.75) is 60.4 Å². The highest BCUT2D eigenvalue weighted by Crippen LogP contribution is 2.31. The maximum Gasteiger partial charge on any atom is 0.325 e. The Morgan fingerprint density at radius 3 is 2.19 bits per heavy atom. The highest BCUT2D eigenvalue weighted by atomic mass is 31.0. The molecular weight excluding hydrogens is 281 g/mol. The minimum Gasteiger partial charge on any atom is -0.480 e. The molecule has 1 aliphatic heterocycles. The third-order valence-corrected chi connectivity index (χ3v) is 3.11. The Kier molecular flexibility index (Phi) is 14.9. The van der Waals surface area contributed by atoms with Crippen LogP contribution in [0.15, 0.2) is 24.3 Å². The highest BCUT2D eigenvalue weighted by molar-refractivity contribution is 7.13. The lowest BCUT2D eigenvalue weighted by Gasteiger charge is -2.31. The molecule has 21 heavy (non-hydrogen) atoms. The van der Waals surface area contributed by atoms with Crippen LogP contribution in [0.1, 0.15) is 65.1 Å². The molecule has 1 aliphatic rings. The zero-order valence-electron chi connectivity index (χ0n) is 14.4. The van der Waals surface area contributed by atoms with Crippen molar-refractivity contribution in [3.8, 4) is 0 Å². The lowest BCUT2D eigenvalue weighted by atomic mass is 9.94. The summed E-state index contributed by atoms with van der Waals surface area (Å²) in [5.41, 5.74) is 2.07. The van der Waals surface area contributed by atoms with Crippen molar-refractivity contribution < 1.29 is 9.90 Å². The molecule has 2 rings (SSSR count). The molecule has 0 fully saturated rings. The number of fused-ring (bicyclic) bond motifs is 1. The number of aliphatic carboxylic acids is 1. The fraction of sp³-hybridized carbons (Fsp3) is 0.588. The van der Waals surface area contributed by atoms with Gasteiger partial charge in [0.15, 0.2) is 0 Å². The summed E-state index contributed by atoms with van der Waals surface area (Å²) in [7, 11) is 2.49. The predicted octanol–water partition coefficient (Wildman–Crippen LogP) is 4.93. The summed E-state index contributed by atoms with van der Waals surface area (Å²) < 4.78 is 1.80. The Bertz CT molecular complexity index is 383. The molecule has 1 heterocycles. The van der Waals surface area contributed by atoms with Crippen LogP contribution in [0.3, 0.4) is 0 Å². The third kappa shape index (κ3) is 7.59. The first-order valence-corrected chi connectivity index (χ1v) is 8.45. The number of carboxylic acids is 1. The Morgan fingerprint density at radius 1 is 1.24 bits per heavy atom. The van der Waals surface area contributed by atoms with E-state index in [1.54, 1.807) is 4.67 Å². The second-order valence-electron chi connectivity index (χ2n) is 4.13. The van der Waals surface area contributed by atoms with Crippen LogP contribution in [0, 0.1) is 0 Å². The third-order valence-electron chi connectivity index (χ3n) is 2.55.